The molecule has 1 aromatic heterocycles. The van der Waals surface area contributed by atoms with Crippen LogP contribution in [-0.4, -0.2) is 31.4 Å². The number of aromatic amines is 1. The van der Waals surface area contributed by atoms with Crippen molar-refractivity contribution in [2.75, 3.05) is 0 Å². The third-order valence-corrected chi connectivity index (χ3v) is 3.69. The summed E-state index contributed by atoms with van der Waals surface area (Å²) in [5, 5.41) is 33.2. The summed E-state index contributed by atoms with van der Waals surface area (Å²) in [5.74, 6) is 0.601. The average Bonchev–Trinajstić information content (AvgIpc) is 3.11. The van der Waals surface area contributed by atoms with Crippen LogP contribution in [0.3, 0.4) is 0 Å². The molecule has 0 saturated heterocycles. The van der Waals surface area contributed by atoms with Gasteiger partial charge in [-0.25, -0.2) is 4.98 Å². The number of nitrogens with zero attached hydrogens (tertiary/aromatic N) is 3. The topological polar surface area (TPSA) is 125 Å². The molecule has 8 nitrogen and oxygen atoms in total. The van der Waals surface area contributed by atoms with Gasteiger partial charge in [-0.15, -0.1) is 0 Å². The molecule has 25 heavy (non-hydrogen) atoms. The number of benzene rings is 2. The van der Waals surface area contributed by atoms with Crippen LogP contribution in [-0.2, 0) is 6.42 Å². The van der Waals surface area contributed by atoms with E-state index in [0.29, 0.717) is 23.1 Å². The predicted octanol–water partition coefficient (Wildman–Crippen LogP) is 3.09. The number of non-ortho nitro benzene ring substituents is 1. The molecule has 0 aliphatic carbocycles. The molecule has 0 radical (unpaired) electrons. The lowest BCUT2D eigenvalue weighted by molar-refractivity contribution is -0.384. The number of hydrogen-bond acceptors (Lipinski definition) is 6. The monoisotopic (exact) mass is 338 g/mol. The van der Waals surface area contributed by atoms with E-state index in [1.807, 2.05) is 0 Å². The minimum absolute atomic E-state index is 0.0780. The maximum atomic E-state index is 11.0. The summed E-state index contributed by atoms with van der Waals surface area (Å²) in [6, 6.07) is 9.36. The fourth-order valence-corrected chi connectivity index (χ4v) is 2.58. The van der Waals surface area contributed by atoms with E-state index in [-0.39, 0.29) is 11.4 Å². The van der Waals surface area contributed by atoms with Gasteiger partial charge in [0.2, 0.25) is 0 Å². The highest BCUT2D eigenvalue weighted by Crippen LogP contribution is 2.35. The first-order valence-corrected chi connectivity index (χ1v) is 7.35. The average molecular weight is 338 g/mol. The molecule has 0 saturated carbocycles. The minimum atomic E-state index is -0.497. The molecule has 1 heterocycles. The number of nitro benzene ring substituents is 1. The number of nitro groups is 1. The first kappa shape index (κ1) is 16.2. The van der Waals surface area contributed by atoms with Crippen LogP contribution in [0.4, 0.5) is 5.69 Å². The number of nitrogens with one attached hydrogen (secondary N) is 1. The largest absolute Gasteiger partial charge is 0.507 e. The molecule has 0 bridgehead atoms. The molecule has 0 unspecified atom stereocenters. The standard InChI is InChI=1S/C17H14N4O4/c22-17-13(10-20-23)6-11(8-16-18-4-5-19-16)7-15(17)12-2-1-3-14(9-12)21(24)25/h1-7,9-10,22-23H,8H2,(H,18,19). The van der Waals surface area contributed by atoms with Crippen molar-refractivity contribution in [3.8, 4) is 16.9 Å². The number of aromatic nitrogens is 2. The molecule has 3 aromatic rings. The van der Waals surface area contributed by atoms with Crippen molar-refractivity contribution < 1.29 is 15.2 Å². The number of H-pyrrole nitrogens is 1. The molecule has 3 N–H and O–H groups in total. The lowest BCUT2D eigenvalue weighted by Crippen LogP contribution is -1.96. The first-order chi connectivity index (χ1) is 12.1. The second-order valence-electron chi connectivity index (χ2n) is 5.35. The number of aromatic hydroxyl groups is 1. The molecular weight excluding hydrogens is 324 g/mol. The molecule has 8 heteroatoms. The van der Waals surface area contributed by atoms with Gasteiger partial charge in [-0.05, 0) is 23.3 Å². The van der Waals surface area contributed by atoms with Crippen molar-refractivity contribution >= 4 is 11.9 Å². The molecular formula is C17H14N4O4. The van der Waals surface area contributed by atoms with Crippen LogP contribution in [0.25, 0.3) is 11.1 Å². The quantitative estimate of drug-likeness (QED) is 0.285. The number of hydrogen-bond donors (Lipinski definition) is 3. The Kier molecular flexibility index (Phi) is 4.42. The number of imidazole rings is 1. The fourth-order valence-electron chi connectivity index (χ4n) is 2.58. The molecule has 0 fully saturated rings. The zero-order valence-electron chi connectivity index (χ0n) is 13.0. The molecule has 0 atom stereocenters. The Balaban J connectivity index is 2.12. The van der Waals surface area contributed by atoms with E-state index >= 15 is 0 Å². The molecule has 0 spiro atoms. The Morgan fingerprint density at radius 1 is 1.32 bits per heavy atom. The van der Waals surface area contributed by atoms with Crippen LogP contribution in [0.1, 0.15) is 17.0 Å². The third-order valence-electron chi connectivity index (χ3n) is 3.69. The van der Waals surface area contributed by atoms with Gasteiger partial charge in [0.15, 0.2) is 0 Å². The van der Waals surface area contributed by atoms with Gasteiger partial charge < -0.3 is 15.3 Å². The van der Waals surface area contributed by atoms with Crippen LogP contribution in [0, 0.1) is 10.1 Å². The van der Waals surface area contributed by atoms with Gasteiger partial charge in [-0.1, -0.05) is 17.3 Å². The number of phenolic OH excluding ortho intramolecular Hbond substituents is 1. The molecule has 0 aliphatic rings. The van der Waals surface area contributed by atoms with Gasteiger partial charge in [0.25, 0.3) is 5.69 Å². The van der Waals surface area contributed by atoms with Crippen LogP contribution in [0.5, 0.6) is 5.75 Å². The van der Waals surface area contributed by atoms with Gasteiger partial charge in [-0.3, -0.25) is 10.1 Å². The second-order valence-corrected chi connectivity index (χ2v) is 5.35. The fraction of sp³-hybridized carbons (Fsp3) is 0.0588. The highest BCUT2D eigenvalue weighted by atomic mass is 16.6. The van der Waals surface area contributed by atoms with Gasteiger partial charge in [0.05, 0.1) is 11.1 Å². The summed E-state index contributed by atoms with van der Waals surface area (Å²) in [4.78, 5) is 17.6. The van der Waals surface area contributed by atoms with Crippen LogP contribution in [0.15, 0.2) is 53.9 Å². The van der Waals surface area contributed by atoms with E-state index < -0.39 is 4.92 Å². The summed E-state index contributed by atoms with van der Waals surface area (Å²) in [6.45, 7) is 0. The van der Waals surface area contributed by atoms with Gasteiger partial charge in [-0.2, -0.15) is 0 Å². The van der Waals surface area contributed by atoms with Crippen LogP contribution >= 0.6 is 0 Å². The Labute approximate surface area is 142 Å². The Bertz CT molecular complexity index is 936. The van der Waals surface area contributed by atoms with Crippen molar-refractivity contribution in [3.63, 3.8) is 0 Å². The molecule has 0 aliphatic heterocycles. The van der Waals surface area contributed by atoms with Crippen molar-refractivity contribution in [2.45, 2.75) is 6.42 Å². The van der Waals surface area contributed by atoms with Crippen LogP contribution < -0.4 is 0 Å². The maximum absolute atomic E-state index is 11.0. The number of phenols is 1. The van der Waals surface area contributed by atoms with E-state index in [2.05, 4.69) is 15.1 Å². The van der Waals surface area contributed by atoms with Gasteiger partial charge in [0.1, 0.15) is 11.6 Å². The van der Waals surface area contributed by atoms with Crippen molar-refractivity contribution in [2.24, 2.45) is 5.16 Å². The lowest BCUT2D eigenvalue weighted by atomic mass is 9.96. The summed E-state index contributed by atoms with van der Waals surface area (Å²) in [6.07, 6.45) is 4.91. The zero-order chi connectivity index (χ0) is 17.8. The minimum Gasteiger partial charge on any atom is -0.507 e. The second kappa shape index (κ2) is 6.83. The Morgan fingerprint density at radius 2 is 2.16 bits per heavy atom. The molecule has 3 rings (SSSR count). The van der Waals surface area contributed by atoms with E-state index in [1.165, 1.54) is 12.1 Å². The number of oxime groups is 1. The molecule has 126 valence electrons. The van der Waals surface area contributed by atoms with Crippen LogP contribution in [0.2, 0.25) is 0 Å². The van der Waals surface area contributed by atoms with Gasteiger partial charge in [0, 0.05) is 42.1 Å². The number of rotatable bonds is 5. The predicted molar refractivity (Wildman–Crippen MR) is 91.0 cm³/mol. The lowest BCUT2D eigenvalue weighted by Gasteiger charge is -2.11. The summed E-state index contributed by atoms with van der Waals surface area (Å²) < 4.78 is 0. The van der Waals surface area contributed by atoms with E-state index in [4.69, 9.17) is 5.21 Å². The third kappa shape index (κ3) is 3.47. The highest BCUT2D eigenvalue weighted by molar-refractivity contribution is 5.89. The van der Waals surface area contributed by atoms with E-state index in [1.54, 1.807) is 36.7 Å². The van der Waals surface area contributed by atoms with E-state index in [9.17, 15) is 15.2 Å². The van der Waals surface area contributed by atoms with Crippen molar-refractivity contribution in [3.05, 3.63) is 75.9 Å². The molecule has 0 amide bonds. The normalized spacial score (nSPS) is 11.0. The van der Waals surface area contributed by atoms with Crippen molar-refractivity contribution in [1.29, 1.82) is 0 Å². The van der Waals surface area contributed by atoms with Gasteiger partial charge >= 0.3 is 0 Å². The highest BCUT2D eigenvalue weighted by Gasteiger charge is 2.14. The summed E-state index contributed by atoms with van der Waals surface area (Å²) >= 11 is 0. The zero-order valence-corrected chi connectivity index (χ0v) is 13.0. The molecule has 2 aromatic carbocycles. The summed E-state index contributed by atoms with van der Waals surface area (Å²) in [5.41, 5.74) is 1.91. The first-order valence-electron chi connectivity index (χ1n) is 7.35. The Morgan fingerprint density at radius 3 is 2.84 bits per heavy atom. The Hall–Kier alpha value is -3.68. The van der Waals surface area contributed by atoms with Crippen molar-refractivity contribution in [1.82, 2.24) is 9.97 Å². The SMILES string of the molecule is O=[N+]([O-])c1cccc(-c2cc(Cc3ncc[nH]3)cc(C=NO)c2O)c1. The van der Waals surface area contributed by atoms with E-state index in [0.717, 1.165) is 17.6 Å². The smallest absolute Gasteiger partial charge is 0.270 e. The maximum Gasteiger partial charge on any atom is 0.270 e. The summed E-state index contributed by atoms with van der Waals surface area (Å²) in [7, 11) is 0.